The molecule has 1 aromatic carbocycles. The van der Waals surface area contributed by atoms with Crippen LogP contribution >= 0.6 is 0 Å². The number of nitrogens with one attached hydrogen (secondary N) is 1. The van der Waals surface area contributed by atoms with Crippen molar-refractivity contribution in [3.63, 3.8) is 0 Å². The number of methoxy groups -OCH3 is 3. The smallest absolute Gasteiger partial charge is 0.251 e. The number of carbonyl (C=O) groups is 1. The number of carbonyl (C=O) groups excluding carboxylic acids is 1. The Bertz CT molecular complexity index is 1070. The molecule has 0 spiro atoms. The largest absolute Gasteiger partial charge is 0.493 e. The van der Waals surface area contributed by atoms with Crippen LogP contribution in [0.3, 0.4) is 0 Å². The molecular weight excluding hydrogens is 412 g/mol. The van der Waals surface area contributed by atoms with E-state index in [9.17, 15) is 4.79 Å². The highest BCUT2D eigenvalue weighted by Crippen LogP contribution is 2.38. The van der Waals surface area contributed by atoms with Crippen molar-refractivity contribution >= 4 is 22.8 Å². The topological polar surface area (TPSA) is 104 Å². The van der Waals surface area contributed by atoms with Crippen molar-refractivity contribution in [3.8, 4) is 17.2 Å². The fourth-order valence-corrected chi connectivity index (χ4v) is 3.99. The van der Waals surface area contributed by atoms with Crippen LogP contribution in [0.4, 0.5) is 5.82 Å². The van der Waals surface area contributed by atoms with Crippen LogP contribution in [0.1, 0.15) is 29.6 Å². The van der Waals surface area contributed by atoms with Crippen LogP contribution in [-0.4, -0.2) is 66.6 Å². The van der Waals surface area contributed by atoms with E-state index in [-0.39, 0.29) is 5.91 Å². The van der Waals surface area contributed by atoms with E-state index < -0.39 is 0 Å². The number of anilines is 1. The Kier molecular flexibility index (Phi) is 6.58. The van der Waals surface area contributed by atoms with Gasteiger partial charge in [-0.3, -0.25) is 4.79 Å². The van der Waals surface area contributed by atoms with Crippen LogP contribution in [-0.2, 0) is 6.54 Å². The first-order valence-corrected chi connectivity index (χ1v) is 10.7. The lowest BCUT2D eigenvalue weighted by atomic mass is 10.1. The Hall–Kier alpha value is -3.56. The lowest BCUT2D eigenvalue weighted by Crippen LogP contribution is -2.30. The third-order valence-electron chi connectivity index (χ3n) is 5.60. The molecule has 32 heavy (non-hydrogen) atoms. The summed E-state index contributed by atoms with van der Waals surface area (Å²) in [7, 11) is 4.55. The zero-order valence-corrected chi connectivity index (χ0v) is 18.6. The van der Waals surface area contributed by atoms with Crippen molar-refractivity contribution in [2.45, 2.75) is 25.8 Å². The quantitative estimate of drug-likeness (QED) is 0.569. The number of hydrogen-bond acceptors (Lipinski definition) is 8. The summed E-state index contributed by atoms with van der Waals surface area (Å²) in [5.41, 5.74) is 1.18. The van der Waals surface area contributed by atoms with Gasteiger partial charge in [0.05, 0.1) is 39.5 Å². The number of ether oxygens (including phenoxy) is 3. The second kappa shape index (κ2) is 9.71. The Morgan fingerprint density at radius 2 is 1.75 bits per heavy atom. The predicted molar refractivity (Wildman–Crippen MR) is 120 cm³/mol. The molecule has 4 rings (SSSR count). The van der Waals surface area contributed by atoms with Crippen molar-refractivity contribution < 1.29 is 19.0 Å². The second-order valence-corrected chi connectivity index (χ2v) is 7.52. The van der Waals surface area contributed by atoms with E-state index >= 15 is 0 Å². The van der Waals surface area contributed by atoms with Gasteiger partial charge in [-0.1, -0.05) is 0 Å². The van der Waals surface area contributed by atoms with Crippen LogP contribution in [0.5, 0.6) is 17.2 Å². The predicted octanol–water partition coefficient (Wildman–Crippen LogP) is 2.27. The maximum absolute atomic E-state index is 12.7. The van der Waals surface area contributed by atoms with Crippen molar-refractivity contribution in [2.75, 3.05) is 45.9 Å². The fraction of sp³-hybridized carbons (Fsp3) is 0.455. The van der Waals surface area contributed by atoms with Gasteiger partial charge in [0.25, 0.3) is 5.91 Å². The van der Waals surface area contributed by atoms with Gasteiger partial charge in [0.1, 0.15) is 12.1 Å². The number of fused-ring (bicyclic) bond motifs is 1. The average molecular weight is 441 g/mol. The average Bonchev–Trinajstić information content (AvgIpc) is 3.26. The standard InChI is InChI=1S/C22H28N6O4/c1-30-17-11-15(12-18(31-2)19(17)32-3)22(29)23-7-10-28-21-16(13-26-28)20(24-14-25-21)27-8-5-4-6-9-27/h11-14H,4-10H2,1-3H3,(H,23,29). The lowest BCUT2D eigenvalue weighted by Gasteiger charge is -2.27. The number of aromatic nitrogens is 4. The fourth-order valence-electron chi connectivity index (χ4n) is 3.99. The molecule has 0 aliphatic carbocycles. The number of benzene rings is 1. The van der Waals surface area contributed by atoms with E-state index in [0.717, 1.165) is 29.9 Å². The van der Waals surface area contributed by atoms with Crippen molar-refractivity contribution in [2.24, 2.45) is 0 Å². The monoisotopic (exact) mass is 440 g/mol. The molecule has 10 heteroatoms. The molecule has 1 saturated heterocycles. The Morgan fingerprint density at radius 3 is 2.41 bits per heavy atom. The molecular formula is C22H28N6O4. The normalized spacial score (nSPS) is 13.8. The molecule has 3 heterocycles. The van der Waals surface area contributed by atoms with Crippen LogP contribution < -0.4 is 24.4 Å². The minimum Gasteiger partial charge on any atom is -0.493 e. The molecule has 1 N–H and O–H groups in total. The molecule has 1 amide bonds. The van der Waals surface area contributed by atoms with E-state index in [1.54, 1.807) is 29.3 Å². The third-order valence-corrected chi connectivity index (χ3v) is 5.60. The zero-order valence-electron chi connectivity index (χ0n) is 18.6. The highest BCUT2D eigenvalue weighted by molar-refractivity contribution is 5.95. The van der Waals surface area contributed by atoms with E-state index in [0.29, 0.717) is 35.9 Å². The molecule has 170 valence electrons. The highest BCUT2D eigenvalue weighted by Gasteiger charge is 2.19. The van der Waals surface area contributed by atoms with Crippen molar-refractivity contribution in [3.05, 3.63) is 30.2 Å². The van der Waals surface area contributed by atoms with Gasteiger partial charge < -0.3 is 24.4 Å². The molecule has 1 fully saturated rings. The summed E-state index contributed by atoms with van der Waals surface area (Å²) >= 11 is 0. The first-order chi connectivity index (χ1) is 15.7. The van der Waals surface area contributed by atoms with E-state index in [1.807, 2.05) is 0 Å². The first-order valence-electron chi connectivity index (χ1n) is 10.7. The van der Waals surface area contributed by atoms with Crippen LogP contribution in [0.25, 0.3) is 11.0 Å². The third kappa shape index (κ3) is 4.25. The van der Waals surface area contributed by atoms with Gasteiger partial charge in [-0.2, -0.15) is 5.10 Å². The number of nitrogens with zero attached hydrogens (tertiary/aromatic N) is 5. The molecule has 0 atom stereocenters. The van der Waals surface area contributed by atoms with Crippen molar-refractivity contribution in [1.82, 2.24) is 25.1 Å². The number of hydrogen-bond donors (Lipinski definition) is 1. The molecule has 2 aromatic heterocycles. The number of piperidine rings is 1. The number of rotatable bonds is 8. The zero-order chi connectivity index (χ0) is 22.5. The Balaban J connectivity index is 1.45. The summed E-state index contributed by atoms with van der Waals surface area (Å²) in [5.74, 6) is 1.99. The molecule has 1 aliphatic rings. The summed E-state index contributed by atoms with van der Waals surface area (Å²) in [4.78, 5) is 23.9. The van der Waals surface area contributed by atoms with E-state index in [1.165, 1.54) is 40.6 Å². The van der Waals surface area contributed by atoms with Gasteiger partial charge in [0.15, 0.2) is 17.1 Å². The van der Waals surface area contributed by atoms with Gasteiger partial charge >= 0.3 is 0 Å². The Morgan fingerprint density at radius 1 is 1.03 bits per heavy atom. The minimum atomic E-state index is -0.246. The maximum atomic E-state index is 12.7. The Labute approximate surface area is 186 Å². The van der Waals surface area contributed by atoms with E-state index in [2.05, 4.69) is 25.3 Å². The molecule has 0 unspecified atom stereocenters. The number of amides is 1. The van der Waals surface area contributed by atoms with Gasteiger partial charge in [0.2, 0.25) is 5.75 Å². The van der Waals surface area contributed by atoms with Gasteiger partial charge in [0, 0.05) is 25.2 Å². The highest BCUT2D eigenvalue weighted by atomic mass is 16.5. The van der Waals surface area contributed by atoms with Gasteiger partial charge in [-0.05, 0) is 31.4 Å². The minimum absolute atomic E-state index is 0.246. The van der Waals surface area contributed by atoms with Gasteiger partial charge in [-0.25, -0.2) is 14.6 Å². The van der Waals surface area contributed by atoms with Crippen LogP contribution in [0.2, 0.25) is 0 Å². The molecule has 10 nitrogen and oxygen atoms in total. The summed E-state index contributed by atoms with van der Waals surface area (Å²) < 4.78 is 17.8. The summed E-state index contributed by atoms with van der Waals surface area (Å²) in [6.07, 6.45) is 6.99. The molecule has 0 saturated carbocycles. The lowest BCUT2D eigenvalue weighted by molar-refractivity contribution is 0.0951. The van der Waals surface area contributed by atoms with E-state index in [4.69, 9.17) is 14.2 Å². The van der Waals surface area contributed by atoms with Crippen LogP contribution in [0, 0.1) is 0 Å². The molecule has 3 aromatic rings. The van der Waals surface area contributed by atoms with Crippen molar-refractivity contribution in [1.29, 1.82) is 0 Å². The summed E-state index contributed by atoms with van der Waals surface area (Å²) in [6.45, 7) is 2.87. The first kappa shape index (κ1) is 21.7. The van der Waals surface area contributed by atoms with Gasteiger partial charge in [-0.15, -0.1) is 0 Å². The molecule has 1 aliphatic heterocycles. The second-order valence-electron chi connectivity index (χ2n) is 7.52. The molecule has 0 radical (unpaired) electrons. The molecule has 0 bridgehead atoms. The van der Waals surface area contributed by atoms with Crippen LogP contribution in [0.15, 0.2) is 24.7 Å². The summed E-state index contributed by atoms with van der Waals surface area (Å²) in [6, 6.07) is 3.25. The maximum Gasteiger partial charge on any atom is 0.251 e. The summed E-state index contributed by atoms with van der Waals surface area (Å²) in [5, 5.41) is 8.33. The SMILES string of the molecule is COc1cc(C(=O)NCCn2ncc3c(N4CCCCC4)ncnc32)cc(OC)c1OC.